The minimum Gasteiger partial charge on any atom is -0.394 e. The van der Waals surface area contributed by atoms with Crippen LogP contribution in [0, 0.1) is 17.8 Å². The fraction of sp³-hybridized carbons (Fsp3) is 0.342. The van der Waals surface area contributed by atoms with Crippen LogP contribution in [0.5, 0.6) is 0 Å². The van der Waals surface area contributed by atoms with Crippen LogP contribution in [-0.4, -0.2) is 64.7 Å². The van der Waals surface area contributed by atoms with Crippen molar-refractivity contribution in [3.05, 3.63) is 121 Å². The van der Waals surface area contributed by atoms with Crippen LogP contribution in [-0.2, 0) is 19.1 Å². The third-order valence-electron chi connectivity index (χ3n) is 10.3. The number of nitrogens with zero attached hydrogens (tertiary/aromatic N) is 3. The second kappa shape index (κ2) is 12.8. The van der Waals surface area contributed by atoms with Gasteiger partial charge in [0.05, 0.1) is 30.1 Å². The first-order valence-corrected chi connectivity index (χ1v) is 16.3. The molecule has 3 aromatic rings. The Morgan fingerprint density at radius 3 is 2.09 bits per heavy atom. The molecular formula is C38H40ClN3O5. The van der Waals surface area contributed by atoms with Crippen LogP contribution in [0.4, 0.5) is 11.4 Å². The van der Waals surface area contributed by atoms with E-state index in [1.165, 1.54) is 4.90 Å². The molecule has 0 aliphatic carbocycles. The summed E-state index contributed by atoms with van der Waals surface area (Å²) in [6.07, 6.45) is 3.67. The fourth-order valence-corrected chi connectivity index (χ4v) is 8.27. The Morgan fingerprint density at radius 1 is 0.957 bits per heavy atom. The van der Waals surface area contributed by atoms with E-state index >= 15 is 9.59 Å². The topological polar surface area (TPSA) is 90.4 Å². The molecule has 0 aromatic heterocycles. The van der Waals surface area contributed by atoms with Crippen molar-refractivity contribution < 1.29 is 24.2 Å². The lowest BCUT2D eigenvalue weighted by Crippen LogP contribution is -2.57. The summed E-state index contributed by atoms with van der Waals surface area (Å²) in [6.45, 7) is 11.7. The SMILES string of the molecule is C=CCN(C(=O)C1N([C@H](CO)c2ccccc2)C(=O)[C@@H]2[C@@H](C(=O)N(CC=C)c3ccccc3)[C@]3(C)OC12CC3C)c1ccc(Cl)cc1. The van der Waals surface area contributed by atoms with Crippen molar-refractivity contribution in [1.29, 1.82) is 0 Å². The highest BCUT2D eigenvalue weighted by atomic mass is 35.5. The summed E-state index contributed by atoms with van der Waals surface area (Å²) < 4.78 is 7.02. The Hall–Kier alpha value is -4.24. The van der Waals surface area contributed by atoms with Gasteiger partial charge in [0, 0.05) is 29.5 Å². The van der Waals surface area contributed by atoms with E-state index in [-0.39, 0.29) is 36.7 Å². The van der Waals surface area contributed by atoms with Gasteiger partial charge in [0.1, 0.15) is 11.6 Å². The number of benzene rings is 3. The number of para-hydroxylation sites is 1. The van der Waals surface area contributed by atoms with Gasteiger partial charge in [-0.1, -0.05) is 79.2 Å². The average Bonchev–Trinajstić information content (AvgIpc) is 3.60. The maximum atomic E-state index is 15.1. The normalized spacial score (nSPS) is 28.1. The zero-order chi connectivity index (χ0) is 33.5. The monoisotopic (exact) mass is 653 g/mol. The van der Waals surface area contributed by atoms with Crippen molar-refractivity contribution in [2.75, 3.05) is 29.5 Å². The number of fused-ring (bicyclic) bond motifs is 1. The van der Waals surface area contributed by atoms with E-state index in [9.17, 15) is 9.90 Å². The molecular weight excluding hydrogens is 614 g/mol. The van der Waals surface area contributed by atoms with Gasteiger partial charge in [-0.3, -0.25) is 14.4 Å². The predicted molar refractivity (Wildman–Crippen MR) is 183 cm³/mol. The highest BCUT2D eigenvalue weighted by molar-refractivity contribution is 6.30. The molecule has 9 heteroatoms. The molecule has 8 nitrogen and oxygen atoms in total. The fourth-order valence-electron chi connectivity index (χ4n) is 8.15. The molecule has 7 atom stereocenters. The number of likely N-dealkylation sites (tertiary alicyclic amines) is 1. The largest absolute Gasteiger partial charge is 0.394 e. The molecule has 3 aromatic carbocycles. The molecule has 1 spiro atoms. The van der Waals surface area contributed by atoms with Gasteiger partial charge < -0.3 is 24.5 Å². The molecule has 6 rings (SSSR count). The average molecular weight is 654 g/mol. The number of carbonyl (C=O) groups excluding carboxylic acids is 3. The maximum Gasteiger partial charge on any atom is 0.253 e. The van der Waals surface area contributed by atoms with Crippen molar-refractivity contribution in [3.63, 3.8) is 0 Å². The lowest BCUT2D eigenvalue weighted by molar-refractivity contribution is -0.149. The van der Waals surface area contributed by atoms with Crippen LogP contribution in [0.2, 0.25) is 5.02 Å². The number of carbonyl (C=O) groups is 3. The van der Waals surface area contributed by atoms with Crippen LogP contribution in [0.15, 0.2) is 110 Å². The highest BCUT2D eigenvalue weighted by Gasteiger charge is 2.80. The van der Waals surface area contributed by atoms with Gasteiger partial charge in [-0.2, -0.15) is 0 Å². The van der Waals surface area contributed by atoms with Gasteiger partial charge >= 0.3 is 0 Å². The van der Waals surface area contributed by atoms with Gasteiger partial charge in [0.15, 0.2) is 0 Å². The summed E-state index contributed by atoms with van der Waals surface area (Å²) in [6, 6.07) is 23.4. The van der Waals surface area contributed by atoms with Gasteiger partial charge in [0.2, 0.25) is 11.8 Å². The summed E-state index contributed by atoms with van der Waals surface area (Å²) in [7, 11) is 0. The van der Waals surface area contributed by atoms with Crippen molar-refractivity contribution in [3.8, 4) is 0 Å². The number of hydrogen-bond acceptors (Lipinski definition) is 5. The molecule has 0 saturated carbocycles. The van der Waals surface area contributed by atoms with Crippen molar-refractivity contribution >= 4 is 40.7 Å². The lowest BCUT2D eigenvalue weighted by atomic mass is 9.62. The van der Waals surface area contributed by atoms with E-state index in [1.54, 1.807) is 46.2 Å². The van der Waals surface area contributed by atoms with Gasteiger partial charge in [-0.15, -0.1) is 13.2 Å². The number of rotatable bonds is 11. The Balaban J connectivity index is 1.52. The van der Waals surface area contributed by atoms with Crippen molar-refractivity contribution in [2.24, 2.45) is 17.8 Å². The first-order chi connectivity index (χ1) is 22.6. The molecule has 3 saturated heterocycles. The zero-order valence-electron chi connectivity index (χ0n) is 26.7. The van der Waals surface area contributed by atoms with Crippen molar-refractivity contribution in [1.82, 2.24) is 4.90 Å². The molecule has 3 amide bonds. The number of halogens is 1. The highest BCUT2D eigenvalue weighted by Crippen LogP contribution is 2.66. The quantitative estimate of drug-likeness (QED) is 0.264. The molecule has 3 aliphatic rings. The van der Waals surface area contributed by atoms with E-state index in [4.69, 9.17) is 16.3 Å². The Labute approximate surface area is 280 Å². The second-order valence-electron chi connectivity index (χ2n) is 12.8. The Morgan fingerprint density at radius 2 is 1.51 bits per heavy atom. The second-order valence-corrected chi connectivity index (χ2v) is 13.3. The summed E-state index contributed by atoms with van der Waals surface area (Å²) >= 11 is 6.20. The first-order valence-electron chi connectivity index (χ1n) is 16.0. The minimum absolute atomic E-state index is 0.158. The third kappa shape index (κ3) is 5.19. The molecule has 3 heterocycles. The molecule has 0 radical (unpaired) electrons. The molecule has 3 unspecified atom stereocenters. The number of anilines is 2. The van der Waals surface area contributed by atoms with Crippen LogP contribution < -0.4 is 9.80 Å². The van der Waals surface area contributed by atoms with Gasteiger partial charge in [0.25, 0.3) is 5.91 Å². The summed E-state index contributed by atoms with van der Waals surface area (Å²) in [4.78, 5) is 49.6. The number of aliphatic hydroxyl groups is 1. The van der Waals surface area contributed by atoms with Crippen LogP contribution in [0.3, 0.4) is 0 Å². The minimum atomic E-state index is -1.33. The molecule has 2 bridgehead atoms. The number of amides is 3. The summed E-state index contributed by atoms with van der Waals surface area (Å²) in [5.74, 6) is -3.05. The number of aliphatic hydroxyl groups excluding tert-OH is 1. The predicted octanol–water partition coefficient (Wildman–Crippen LogP) is 5.82. The van der Waals surface area contributed by atoms with E-state index in [2.05, 4.69) is 13.2 Å². The van der Waals surface area contributed by atoms with Crippen molar-refractivity contribution in [2.45, 2.75) is 43.6 Å². The van der Waals surface area contributed by atoms with Gasteiger partial charge in [-0.05, 0) is 61.2 Å². The van der Waals surface area contributed by atoms with Crippen LogP contribution >= 0.6 is 11.6 Å². The zero-order valence-corrected chi connectivity index (χ0v) is 27.4. The summed E-state index contributed by atoms with van der Waals surface area (Å²) in [5, 5.41) is 11.4. The smallest absolute Gasteiger partial charge is 0.253 e. The molecule has 244 valence electrons. The van der Waals surface area contributed by atoms with E-state index in [1.807, 2.05) is 74.5 Å². The number of hydrogen-bond donors (Lipinski definition) is 1. The molecule has 1 N–H and O–H groups in total. The molecule has 47 heavy (non-hydrogen) atoms. The lowest BCUT2D eigenvalue weighted by Gasteiger charge is -2.39. The molecule has 3 aliphatic heterocycles. The van der Waals surface area contributed by atoms with Crippen LogP contribution in [0.1, 0.15) is 31.9 Å². The van der Waals surface area contributed by atoms with Gasteiger partial charge in [-0.25, -0.2) is 0 Å². The first kappa shape index (κ1) is 32.7. The Bertz CT molecular complexity index is 1670. The van der Waals surface area contributed by atoms with E-state index in [0.29, 0.717) is 28.4 Å². The van der Waals surface area contributed by atoms with E-state index in [0.717, 1.165) is 0 Å². The van der Waals surface area contributed by atoms with Crippen LogP contribution in [0.25, 0.3) is 0 Å². The third-order valence-corrected chi connectivity index (χ3v) is 10.6. The Kier molecular flexibility index (Phi) is 8.87. The number of ether oxygens (including phenoxy) is 1. The standard InChI is InChI=1S/C38H40ClN3O5/c1-5-21-40(28-15-11-8-12-16-28)34(44)31-32-35(45)42(30(24-43)26-13-9-7-10-14-26)33(38(32)23-25(3)37(31,4)47-38)36(46)41(22-6-2)29-19-17-27(39)18-20-29/h5-20,25,30-33,43H,1-2,21-24H2,3-4H3/t25?,30-,31+,32+,33?,37-,38?/m1/s1. The maximum absolute atomic E-state index is 15.1. The molecule has 3 fully saturated rings. The van der Waals surface area contributed by atoms with E-state index < -0.39 is 41.7 Å². The summed E-state index contributed by atoms with van der Waals surface area (Å²) in [5.41, 5.74) is -0.423.